The van der Waals surface area contributed by atoms with Crippen LogP contribution in [0.3, 0.4) is 0 Å². The van der Waals surface area contributed by atoms with Crippen molar-refractivity contribution >= 4 is 12.3 Å². The number of nitrogens with zero attached hydrogens (tertiary/aromatic N) is 1. The van der Waals surface area contributed by atoms with Crippen molar-refractivity contribution in [3.05, 3.63) is 35.9 Å². The van der Waals surface area contributed by atoms with Crippen molar-refractivity contribution in [1.29, 1.82) is 5.26 Å². The summed E-state index contributed by atoms with van der Waals surface area (Å²) < 4.78 is 4.57. The van der Waals surface area contributed by atoms with Gasteiger partial charge >= 0.3 is 5.97 Å². The summed E-state index contributed by atoms with van der Waals surface area (Å²) in [5, 5.41) is 9.02. The Morgan fingerprint density at radius 2 is 2.12 bits per heavy atom. The van der Waals surface area contributed by atoms with Crippen LogP contribution in [0.1, 0.15) is 17.9 Å². The highest BCUT2D eigenvalue weighted by atomic mass is 16.5. The summed E-state index contributed by atoms with van der Waals surface area (Å²) in [5.41, 5.74) is 0.788. The van der Waals surface area contributed by atoms with Crippen molar-refractivity contribution in [1.82, 2.24) is 0 Å². The first-order valence-corrected chi connectivity index (χ1v) is 5.20. The normalized spacial score (nSPS) is 13.2. The SMILES string of the molecule is COC(=O)C(C#N)C(CC=O)c1ccccc1. The Hall–Kier alpha value is -2.15. The highest BCUT2D eigenvalue weighted by Gasteiger charge is 2.30. The molecule has 17 heavy (non-hydrogen) atoms. The molecule has 0 spiro atoms. The molecule has 1 rings (SSSR count). The number of hydrogen-bond donors (Lipinski definition) is 0. The molecule has 0 heterocycles. The topological polar surface area (TPSA) is 67.2 Å². The molecule has 0 saturated carbocycles. The number of carbonyl (C=O) groups is 2. The van der Waals surface area contributed by atoms with E-state index in [1.165, 1.54) is 7.11 Å². The van der Waals surface area contributed by atoms with E-state index in [1.807, 2.05) is 12.1 Å². The minimum Gasteiger partial charge on any atom is -0.468 e. The number of hydrogen-bond acceptors (Lipinski definition) is 4. The van der Waals surface area contributed by atoms with Gasteiger partial charge in [-0.2, -0.15) is 5.26 Å². The van der Waals surface area contributed by atoms with Gasteiger partial charge in [0.15, 0.2) is 5.92 Å². The second-order valence-electron chi connectivity index (χ2n) is 3.55. The molecule has 2 atom stereocenters. The largest absolute Gasteiger partial charge is 0.468 e. The van der Waals surface area contributed by atoms with Crippen LogP contribution in [0.5, 0.6) is 0 Å². The first-order chi connectivity index (χ1) is 8.24. The fourth-order valence-electron chi connectivity index (χ4n) is 1.70. The maximum Gasteiger partial charge on any atom is 0.323 e. The second-order valence-corrected chi connectivity index (χ2v) is 3.55. The van der Waals surface area contributed by atoms with Crippen LogP contribution in [-0.4, -0.2) is 19.4 Å². The molecule has 88 valence electrons. The molecule has 0 aliphatic heterocycles. The Morgan fingerprint density at radius 3 is 2.59 bits per heavy atom. The highest BCUT2D eigenvalue weighted by Crippen LogP contribution is 2.27. The fourth-order valence-corrected chi connectivity index (χ4v) is 1.70. The van der Waals surface area contributed by atoms with Gasteiger partial charge < -0.3 is 9.53 Å². The molecule has 0 aliphatic carbocycles. The van der Waals surface area contributed by atoms with E-state index in [9.17, 15) is 9.59 Å². The van der Waals surface area contributed by atoms with Gasteiger partial charge in [-0.1, -0.05) is 30.3 Å². The third kappa shape index (κ3) is 3.15. The Bertz CT molecular complexity index is 422. The number of nitriles is 1. The van der Waals surface area contributed by atoms with Crippen molar-refractivity contribution in [3.8, 4) is 6.07 Å². The molecule has 1 aromatic rings. The number of carbonyl (C=O) groups excluding carboxylic acids is 2. The third-order valence-corrected chi connectivity index (χ3v) is 2.57. The molecule has 1 aromatic carbocycles. The van der Waals surface area contributed by atoms with Crippen LogP contribution in [0.2, 0.25) is 0 Å². The lowest BCUT2D eigenvalue weighted by Crippen LogP contribution is -2.22. The Kier molecular flexibility index (Phi) is 4.89. The van der Waals surface area contributed by atoms with E-state index in [0.717, 1.165) is 5.56 Å². The molecule has 0 bridgehead atoms. The molecular formula is C13H13NO3. The number of aldehydes is 1. The summed E-state index contributed by atoms with van der Waals surface area (Å²) in [6.07, 6.45) is 0.836. The van der Waals surface area contributed by atoms with Gasteiger partial charge in [-0.25, -0.2) is 0 Å². The van der Waals surface area contributed by atoms with Crippen molar-refractivity contribution in [3.63, 3.8) is 0 Å². The minimum atomic E-state index is -0.951. The monoisotopic (exact) mass is 231 g/mol. The van der Waals surface area contributed by atoms with E-state index >= 15 is 0 Å². The van der Waals surface area contributed by atoms with Crippen LogP contribution in [0.4, 0.5) is 0 Å². The van der Waals surface area contributed by atoms with Gasteiger partial charge in [0, 0.05) is 12.3 Å². The maximum atomic E-state index is 11.5. The van der Waals surface area contributed by atoms with Crippen LogP contribution in [-0.2, 0) is 14.3 Å². The molecule has 0 radical (unpaired) electrons. The summed E-state index contributed by atoms with van der Waals surface area (Å²) in [5.74, 6) is -2.01. The van der Waals surface area contributed by atoms with Crippen LogP contribution in [0, 0.1) is 17.2 Å². The number of methoxy groups -OCH3 is 1. The second kappa shape index (κ2) is 6.44. The van der Waals surface area contributed by atoms with Crippen molar-refractivity contribution < 1.29 is 14.3 Å². The molecule has 4 nitrogen and oxygen atoms in total. The van der Waals surface area contributed by atoms with E-state index in [-0.39, 0.29) is 6.42 Å². The predicted octanol–water partition coefficient (Wildman–Crippen LogP) is 1.67. The Labute approximate surface area is 99.8 Å². The summed E-state index contributed by atoms with van der Waals surface area (Å²) in [6, 6.07) is 10.9. The fraction of sp³-hybridized carbons (Fsp3) is 0.308. The van der Waals surface area contributed by atoms with Crippen LogP contribution in [0.15, 0.2) is 30.3 Å². The molecule has 0 aromatic heterocycles. The van der Waals surface area contributed by atoms with Crippen molar-refractivity contribution in [2.24, 2.45) is 5.92 Å². The molecular weight excluding hydrogens is 218 g/mol. The molecule has 0 aliphatic rings. The summed E-state index contributed by atoms with van der Waals surface area (Å²) in [4.78, 5) is 22.1. The van der Waals surface area contributed by atoms with Gasteiger partial charge in [-0.05, 0) is 5.56 Å². The van der Waals surface area contributed by atoms with Gasteiger partial charge in [0.2, 0.25) is 0 Å². The first-order valence-electron chi connectivity index (χ1n) is 5.20. The van der Waals surface area contributed by atoms with Gasteiger partial charge in [0.05, 0.1) is 13.2 Å². The average molecular weight is 231 g/mol. The lowest BCUT2D eigenvalue weighted by atomic mass is 9.85. The van der Waals surface area contributed by atoms with E-state index < -0.39 is 17.8 Å². The standard InChI is InChI=1S/C13H13NO3/c1-17-13(16)12(9-14)11(7-8-15)10-5-3-2-4-6-10/h2-6,8,11-12H,7H2,1H3. The number of esters is 1. The number of benzene rings is 1. The molecule has 0 saturated heterocycles. The van der Waals surface area contributed by atoms with Crippen molar-refractivity contribution in [2.75, 3.05) is 7.11 Å². The molecule has 4 heteroatoms. The van der Waals surface area contributed by atoms with Crippen LogP contribution >= 0.6 is 0 Å². The van der Waals surface area contributed by atoms with Crippen LogP contribution < -0.4 is 0 Å². The first kappa shape index (κ1) is 12.9. The van der Waals surface area contributed by atoms with Crippen molar-refractivity contribution in [2.45, 2.75) is 12.3 Å². The molecule has 0 amide bonds. The third-order valence-electron chi connectivity index (χ3n) is 2.57. The lowest BCUT2D eigenvalue weighted by molar-refractivity contribution is -0.144. The molecule has 0 N–H and O–H groups in total. The smallest absolute Gasteiger partial charge is 0.323 e. The number of ether oxygens (including phenoxy) is 1. The quantitative estimate of drug-likeness (QED) is 0.571. The van der Waals surface area contributed by atoms with E-state index in [0.29, 0.717) is 6.29 Å². The van der Waals surface area contributed by atoms with E-state index in [1.54, 1.807) is 24.3 Å². The zero-order valence-electron chi connectivity index (χ0n) is 9.50. The van der Waals surface area contributed by atoms with Gasteiger partial charge in [0.25, 0.3) is 0 Å². The Morgan fingerprint density at radius 1 is 1.47 bits per heavy atom. The maximum absolute atomic E-state index is 11.5. The zero-order chi connectivity index (χ0) is 12.7. The predicted molar refractivity (Wildman–Crippen MR) is 61.0 cm³/mol. The molecule has 0 fully saturated rings. The lowest BCUT2D eigenvalue weighted by Gasteiger charge is -2.18. The number of rotatable bonds is 5. The highest BCUT2D eigenvalue weighted by molar-refractivity contribution is 5.77. The summed E-state index contributed by atoms with van der Waals surface area (Å²) in [6.45, 7) is 0. The zero-order valence-corrected chi connectivity index (χ0v) is 9.50. The Balaban J connectivity index is 3.04. The summed E-state index contributed by atoms with van der Waals surface area (Å²) in [7, 11) is 1.23. The minimum absolute atomic E-state index is 0.122. The molecule has 2 unspecified atom stereocenters. The average Bonchev–Trinajstić information content (AvgIpc) is 2.39. The van der Waals surface area contributed by atoms with Gasteiger partial charge in [0.1, 0.15) is 6.29 Å². The van der Waals surface area contributed by atoms with Gasteiger partial charge in [-0.15, -0.1) is 0 Å². The van der Waals surface area contributed by atoms with Gasteiger partial charge in [-0.3, -0.25) is 4.79 Å². The van der Waals surface area contributed by atoms with Crippen LogP contribution in [0.25, 0.3) is 0 Å². The van der Waals surface area contributed by atoms with E-state index in [2.05, 4.69) is 4.74 Å². The summed E-state index contributed by atoms with van der Waals surface area (Å²) >= 11 is 0. The van der Waals surface area contributed by atoms with E-state index in [4.69, 9.17) is 5.26 Å².